The summed E-state index contributed by atoms with van der Waals surface area (Å²) >= 11 is 0. The molecule has 11 heteroatoms. The Bertz CT molecular complexity index is 1620. The summed E-state index contributed by atoms with van der Waals surface area (Å²) in [6.45, 7) is 19.6. The summed E-state index contributed by atoms with van der Waals surface area (Å²) in [5, 5.41) is 2.96. The smallest absolute Gasteiger partial charge is 0.408 e. The lowest BCUT2D eigenvalue weighted by atomic mass is 9.83. The summed E-state index contributed by atoms with van der Waals surface area (Å²) in [5.74, 6) is 0.865. The number of aromatic nitrogens is 2. The van der Waals surface area contributed by atoms with Gasteiger partial charge in [-0.2, -0.15) is 0 Å². The third-order valence-corrected chi connectivity index (χ3v) is 11.0. The number of likely N-dealkylation sites (tertiary alicyclic amines) is 1. The van der Waals surface area contributed by atoms with Crippen LogP contribution in [0.2, 0.25) is 0 Å². The highest BCUT2D eigenvalue weighted by molar-refractivity contribution is 5.91. The van der Waals surface area contributed by atoms with Crippen LogP contribution in [-0.4, -0.2) is 77.4 Å². The van der Waals surface area contributed by atoms with Crippen LogP contribution in [0.5, 0.6) is 11.6 Å². The Balaban J connectivity index is 1.41. The third kappa shape index (κ3) is 8.55. The van der Waals surface area contributed by atoms with E-state index in [0.717, 1.165) is 32.1 Å². The summed E-state index contributed by atoms with van der Waals surface area (Å²) < 4.78 is 23.9. The Kier molecular flexibility index (Phi) is 12.5. The molecule has 0 radical (unpaired) electrons. The molecule has 2 aliphatic carbocycles. The fraction of sp³-hybridized carbons (Fsp3) is 0.634. The number of unbranched alkanes of at least 4 members (excludes halogenated alkanes) is 1. The third-order valence-electron chi connectivity index (χ3n) is 11.0. The maximum absolute atomic E-state index is 14.7. The van der Waals surface area contributed by atoms with Crippen molar-refractivity contribution in [1.29, 1.82) is 0 Å². The van der Waals surface area contributed by atoms with E-state index in [4.69, 9.17) is 28.9 Å². The molecule has 1 aromatic carbocycles. The number of carbonyl (C=O) groups excluding carboxylic acids is 3. The average molecular weight is 719 g/mol. The number of nitrogens with one attached hydrogen (secondary N) is 1. The number of carbonyl (C=O) groups is 3. The second kappa shape index (κ2) is 16.7. The molecular formula is C41H58N4O7. The van der Waals surface area contributed by atoms with Gasteiger partial charge in [-0.05, 0) is 92.2 Å². The number of hydrogen-bond acceptors (Lipinski definition) is 9. The molecule has 1 aliphatic heterocycles. The molecule has 3 aliphatic rings. The van der Waals surface area contributed by atoms with Crippen molar-refractivity contribution >= 4 is 35.1 Å². The number of fused-ring (bicyclic) bond motifs is 3. The van der Waals surface area contributed by atoms with Gasteiger partial charge in [0.25, 0.3) is 0 Å². The number of allylic oxidation sites excluding steroid dienone is 1. The van der Waals surface area contributed by atoms with E-state index in [1.54, 1.807) is 25.3 Å². The van der Waals surface area contributed by atoms with Crippen LogP contribution in [0.25, 0.3) is 17.1 Å². The molecule has 2 aromatic rings. The van der Waals surface area contributed by atoms with Crippen LogP contribution in [-0.2, 0) is 19.1 Å². The zero-order valence-corrected chi connectivity index (χ0v) is 32.1. The maximum atomic E-state index is 14.7. The molecule has 2 heterocycles. The maximum Gasteiger partial charge on any atom is 0.408 e. The van der Waals surface area contributed by atoms with Gasteiger partial charge in [0.1, 0.15) is 35.7 Å². The summed E-state index contributed by atoms with van der Waals surface area (Å²) in [4.78, 5) is 53.3. The second-order valence-electron chi connectivity index (χ2n) is 16.2. The second-order valence-corrected chi connectivity index (χ2v) is 16.2. The van der Waals surface area contributed by atoms with E-state index in [2.05, 4.69) is 18.5 Å². The fourth-order valence-electron chi connectivity index (χ4n) is 8.40. The van der Waals surface area contributed by atoms with Crippen LogP contribution < -0.4 is 14.8 Å². The molecule has 1 N–H and O–H groups in total. The minimum atomic E-state index is -0.980. The lowest BCUT2D eigenvalue weighted by Gasteiger charge is -2.36. The molecule has 2 bridgehead atoms. The topological polar surface area (TPSA) is 129 Å². The predicted octanol–water partition coefficient (Wildman–Crippen LogP) is 7.38. The van der Waals surface area contributed by atoms with Gasteiger partial charge in [-0.25, -0.2) is 19.6 Å². The molecule has 11 nitrogen and oxygen atoms in total. The van der Waals surface area contributed by atoms with Gasteiger partial charge in [-0.1, -0.05) is 54.2 Å². The van der Waals surface area contributed by atoms with Crippen LogP contribution in [0.4, 0.5) is 4.79 Å². The molecule has 52 heavy (non-hydrogen) atoms. The first-order valence-corrected chi connectivity index (χ1v) is 19.0. The number of alkyl carbamates (subject to hydrolysis) is 1. The first kappa shape index (κ1) is 39.1. The average Bonchev–Trinajstić information content (AvgIpc) is 3.82. The first-order valence-electron chi connectivity index (χ1n) is 19.0. The summed E-state index contributed by atoms with van der Waals surface area (Å²) in [6.07, 6.45) is 8.87. The van der Waals surface area contributed by atoms with E-state index >= 15 is 0 Å². The van der Waals surface area contributed by atoms with Crippen LogP contribution in [0.1, 0.15) is 92.2 Å². The van der Waals surface area contributed by atoms with E-state index < -0.39 is 47.5 Å². The Hall–Kier alpha value is -4.15. The van der Waals surface area contributed by atoms with Crippen molar-refractivity contribution in [1.82, 2.24) is 20.2 Å². The van der Waals surface area contributed by atoms with E-state index in [0.29, 0.717) is 46.7 Å². The molecule has 1 aromatic heterocycles. The van der Waals surface area contributed by atoms with Crippen LogP contribution in [0.15, 0.2) is 37.4 Å². The lowest BCUT2D eigenvalue weighted by molar-refractivity contribution is -0.157. The largest absolute Gasteiger partial charge is 0.497 e. The number of ether oxygens (including phenoxy) is 4. The van der Waals surface area contributed by atoms with Crippen molar-refractivity contribution in [2.45, 2.75) is 111 Å². The molecule has 8 atom stereocenters. The van der Waals surface area contributed by atoms with Crippen molar-refractivity contribution in [3.63, 3.8) is 0 Å². The normalized spacial score (nSPS) is 25.9. The molecular weight excluding hydrogens is 660 g/mol. The number of nitrogens with zero attached hydrogens (tertiary/aromatic N) is 3. The number of amides is 2. The van der Waals surface area contributed by atoms with E-state index in [1.807, 2.05) is 53.7 Å². The number of hydrogen-bond donors (Lipinski definition) is 1. The zero-order chi connectivity index (χ0) is 37.7. The molecule has 8 unspecified atom stereocenters. The Morgan fingerprint density at radius 1 is 1.08 bits per heavy atom. The molecule has 0 spiro atoms. The van der Waals surface area contributed by atoms with Crippen molar-refractivity contribution < 1.29 is 33.3 Å². The Morgan fingerprint density at radius 2 is 1.83 bits per heavy atom. The highest BCUT2D eigenvalue weighted by Gasteiger charge is 2.53. The van der Waals surface area contributed by atoms with Gasteiger partial charge in [-0.3, -0.25) is 4.79 Å². The minimum Gasteiger partial charge on any atom is -0.497 e. The van der Waals surface area contributed by atoms with Gasteiger partial charge >= 0.3 is 12.1 Å². The molecule has 1 saturated heterocycles. The number of benzene rings is 1. The first-order chi connectivity index (χ1) is 24.8. The van der Waals surface area contributed by atoms with Crippen molar-refractivity contribution in [2.24, 2.45) is 35.0 Å². The van der Waals surface area contributed by atoms with Gasteiger partial charge in [0, 0.05) is 12.0 Å². The number of methoxy groups -OCH3 is 1. The van der Waals surface area contributed by atoms with Crippen LogP contribution in [0.3, 0.4) is 0 Å². The van der Waals surface area contributed by atoms with Gasteiger partial charge in [0.05, 0.1) is 31.3 Å². The fourth-order valence-corrected chi connectivity index (χ4v) is 8.40. The highest BCUT2D eigenvalue weighted by Crippen LogP contribution is 2.51. The van der Waals surface area contributed by atoms with Crippen molar-refractivity contribution in [3.05, 3.63) is 43.1 Å². The van der Waals surface area contributed by atoms with E-state index in [-0.39, 0.29) is 31.1 Å². The number of rotatable bonds is 15. The monoisotopic (exact) mass is 718 g/mol. The van der Waals surface area contributed by atoms with Crippen LogP contribution >= 0.6 is 0 Å². The van der Waals surface area contributed by atoms with Gasteiger partial charge in [-0.15, -0.1) is 6.58 Å². The predicted molar refractivity (Wildman–Crippen MR) is 201 cm³/mol. The Morgan fingerprint density at radius 3 is 2.48 bits per heavy atom. The molecule has 3 fully saturated rings. The summed E-state index contributed by atoms with van der Waals surface area (Å²) in [6, 6.07) is 3.47. The molecule has 2 saturated carbocycles. The standard InChI is InChI=1S/C41H58N4O7/c1-10-13-14-15-29-25-16-17-26(20-25)35(29)52-40(48)44-36(41(6,7)8)38(46)45-22-33(28(11-2)34(45)39(47)50-23-24(4)5)51-37-30(12-3)42-31-19-18-27(49-9)21-32(31)43-37/h10,12,18-19,21,24-26,28-29,33-36H,1,3,11,13-17,20,22-23H2,2,4-9H3,(H,44,48). The van der Waals surface area contributed by atoms with Gasteiger partial charge in [0.2, 0.25) is 11.8 Å². The van der Waals surface area contributed by atoms with Crippen LogP contribution in [0, 0.1) is 35.0 Å². The summed E-state index contributed by atoms with van der Waals surface area (Å²) in [5.41, 5.74) is 0.949. The summed E-state index contributed by atoms with van der Waals surface area (Å²) in [7, 11) is 1.58. The molecule has 284 valence electrons. The molecule has 5 rings (SSSR count). The van der Waals surface area contributed by atoms with E-state index in [1.165, 1.54) is 11.3 Å². The van der Waals surface area contributed by atoms with Crippen molar-refractivity contribution in [2.75, 3.05) is 20.3 Å². The van der Waals surface area contributed by atoms with Gasteiger partial charge in [0.15, 0.2) is 0 Å². The van der Waals surface area contributed by atoms with Gasteiger partial charge < -0.3 is 29.2 Å². The zero-order valence-electron chi connectivity index (χ0n) is 32.1. The van der Waals surface area contributed by atoms with E-state index in [9.17, 15) is 14.4 Å². The Labute approximate surface area is 308 Å². The quantitative estimate of drug-likeness (QED) is 0.114. The van der Waals surface area contributed by atoms with Crippen molar-refractivity contribution in [3.8, 4) is 11.6 Å². The lowest BCUT2D eigenvalue weighted by Crippen LogP contribution is -2.58. The highest BCUT2D eigenvalue weighted by atomic mass is 16.6. The SMILES string of the molecule is C=CCCCC1C2CCC(C2)C1OC(=O)NC(C(=O)N1CC(Oc2nc3cc(OC)ccc3nc2C=C)C(CC)C1C(=O)OCC(C)C)C(C)(C)C. The number of esters is 1. The minimum absolute atomic E-state index is 0.0776. The molecule has 2 amide bonds.